The lowest BCUT2D eigenvalue weighted by molar-refractivity contribution is 0.299. The first-order valence-electron chi connectivity index (χ1n) is 5.14. The van der Waals surface area contributed by atoms with Crippen LogP contribution in [0.25, 0.3) is 0 Å². The van der Waals surface area contributed by atoms with E-state index < -0.39 is 5.82 Å². The summed E-state index contributed by atoms with van der Waals surface area (Å²) in [4.78, 5) is -0.0396. The van der Waals surface area contributed by atoms with Gasteiger partial charge in [0.1, 0.15) is 28.9 Å². The number of halogens is 1. The zero-order chi connectivity index (χ0) is 13.1. The van der Waals surface area contributed by atoms with Gasteiger partial charge < -0.3 is 10.5 Å². The minimum absolute atomic E-state index is 0.0396. The molecule has 0 saturated heterocycles. The molecule has 0 unspecified atom stereocenters. The zero-order valence-corrected chi connectivity index (χ0v) is 10.4. The normalized spacial score (nSPS) is 10.3. The van der Waals surface area contributed by atoms with Crippen LogP contribution in [0.15, 0.2) is 24.4 Å². The molecule has 2 aromatic rings. The fourth-order valence-electron chi connectivity index (χ4n) is 1.48. The summed E-state index contributed by atoms with van der Waals surface area (Å²) in [5.41, 5.74) is 6.21. The van der Waals surface area contributed by atoms with Crippen molar-refractivity contribution in [2.45, 2.75) is 6.61 Å². The average molecular weight is 266 g/mol. The smallest absolute Gasteiger partial charge is 0.137 e. The van der Waals surface area contributed by atoms with E-state index in [2.05, 4.69) is 10.3 Å². The molecule has 0 aliphatic carbocycles. The molecule has 0 aliphatic rings. The van der Waals surface area contributed by atoms with Crippen LogP contribution in [-0.4, -0.2) is 20.0 Å². The summed E-state index contributed by atoms with van der Waals surface area (Å²) in [6, 6.07) is 4.42. The van der Waals surface area contributed by atoms with E-state index >= 15 is 0 Å². The van der Waals surface area contributed by atoms with Gasteiger partial charge in [-0.1, -0.05) is 23.5 Å². The second-order valence-electron chi connectivity index (χ2n) is 3.65. The van der Waals surface area contributed by atoms with E-state index in [-0.39, 0.29) is 17.2 Å². The topological polar surface area (TPSA) is 66.0 Å². The predicted octanol–water partition coefficient (Wildman–Crippen LogP) is 1.17. The largest absolute Gasteiger partial charge is 0.486 e. The van der Waals surface area contributed by atoms with E-state index in [0.29, 0.717) is 11.4 Å². The molecule has 0 saturated carbocycles. The molecule has 0 atom stereocenters. The molecule has 18 heavy (non-hydrogen) atoms. The van der Waals surface area contributed by atoms with Gasteiger partial charge in [-0.25, -0.2) is 4.39 Å². The summed E-state index contributed by atoms with van der Waals surface area (Å²) < 4.78 is 20.6. The first kappa shape index (κ1) is 12.4. The van der Waals surface area contributed by atoms with Crippen molar-refractivity contribution in [2.24, 2.45) is 12.8 Å². The molecule has 1 heterocycles. The number of hydrogen-bond acceptors (Lipinski definition) is 4. The van der Waals surface area contributed by atoms with Gasteiger partial charge in [-0.05, 0) is 12.1 Å². The van der Waals surface area contributed by atoms with Crippen molar-refractivity contribution in [3.63, 3.8) is 0 Å². The highest BCUT2D eigenvalue weighted by molar-refractivity contribution is 7.80. The second-order valence-corrected chi connectivity index (χ2v) is 4.09. The Morgan fingerprint density at radius 1 is 1.56 bits per heavy atom. The van der Waals surface area contributed by atoms with Gasteiger partial charge in [0.2, 0.25) is 0 Å². The maximum atomic E-state index is 13.6. The van der Waals surface area contributed by atoms with Crippen LogP contribution in [0.2, 0.25) is 0 Å². The first-order chi connectivity index (χ1) is 8.58. The van der Waals surface area contributed by atoms with Crippen molar-refractivity contribution in [1.82, 2.24) is 15.0 Å². The Labute approximate surface area is 108 Å². The number of nitrogens with zero attached hydrogens (tertiary/aromatic N) is 3. The lowest BCUT2D eigenvalue weighted by Crippen LogP contribution is -2.14. The number of benzene rings is 1. The van der Waals surface area contributed by atoms with Gasteiger partial charge in [-0.3, -0.25) is 4.68 Å². The molecule has 5 nitrogen and oxygen atoms in total. The lowest BCUT2D eigenvalue weighted by atomic mass is 10.2. The predicted molar refractivity (Wildman–Crippen MR) is 67.6 cm³/mol. The summed E-state index contributed by atoms with van der Waals surface area (Å²) in [6.45, 7) is 0.174. The number of rotatable bonds is 4. The Balaban J connectivity index is 2.19. The highest BCUT2D eigenvalue weighted by Gasteiger charge is 2.12. The van der Waals surface area contributed by atoms with Crippen LogP contribution in [0.5, 0.6) is 5.75 Å². The standard InChI is InChI=1S/C11H11FN4OS/c1-16-5-7(14-15-16)6-17-9-4-2-3-8(12)10(9)11(13)18/h2-5H,6H2,1H3,(H2,13,18). The summed E-state index contributed by atoms with van der Waals surface area (Å²) in [7, 11) is 1.75. The minimum atomic E-state index is -0.501. The van der Waals surface area contributed by atoms with Crippen LogP contribution in [0.3, 0.4) is 0 Å². The molecule has 7 heteroatoms. The van der Waals surface area contributed by atoms with Crippen LogP contribution < -0.4 is 10.5 Å². The number of thiocarbonyl (C=S) groups is 1. The SMILES string of the molecule is Cn1cc(COc2cccc(F)c2C(N)=S)nn1. The van der Waals surface area contributed by atoms with E-state index in [1.807, 2.05) is 0 Å². The van der Waals surface area contributed by atoms with E-state index in [9.17, 15) is 4.39 Å². The first-order valence-corrected chi connectivity index (χ1v) is 5.55. The highest BCUT2D eigenvalue weighted by atomic mass is 32.1. The molecule has 0 bridgehead atoms. The maximum absolute atomic E-state index is 13.6. The molecule has 2 N–H and O–H groups in total. The van der Waals surface area contributed by atoms with E-state index in [1.54, 1.807) is 24.0 Å². The van der Waals surface area contributed by atoms with Gasteiger partial charge in [-0.15, -0.1) is 5.10 Å². The van der Waals surface area contributed by atoms with E-state index in [0.717, 1.165) is 0 Å². The van der Waals surface area contributed by atoms with Gasteiger partial charge in [0.15, 0.2) is 0 Å². The summed E-state index contributed by atoms with van der Waals surface area (Å²) in [5.74, 6) is -0.202. The third-order valence-electron chi connectivity index (χ3n) is 2.25. The van der Waals surface area contributed by atoms with Gasteiger partial charge >= 0.3 is 0 Å². The zero-order valence-electron chi connectivity index (χ0n) is 9.63. The van der Waals surface area contributed by atoms with Crippen molar-refractivity contribution < 1.29 is 9.13 Å². The molecule has 0 aliphatic heterocycles. The van der Waals surface area contributed by atoms with Gasteiger partial charge in [0.25, 0.3) is 0 Å². The van der Waals surface area contributed by atoms with Gasteiger partial charge in [-0.2, -0.15) is 0 Å². The number of ether oxygens (including phenoxy) is 1. The molecule has 1 aromatic carbocycles. The van der Waals surface area contributed by atoms with Crippen molar-refractivity contribution >= 4 is 17.2 Å². The molecule has 94 valence electrons. The summed E-state index contributed by atoms with van der Waals surface area (Å²) in [6.07, 6.45) is 1.71. The molecule has 2 rings (SSSR count). The Bertz CT molecular complexity index is 584. The molecule has 1 aromatic heterocycles. The Kier molecular flexibility index (Phi) is 3.52. The molecule has 0 amide bonds. The fraction of sp³-hybridized carbons (Fsp3) is 0.182. The van der Waals surface area contributed by atoms with E-state index in [4.69, 9.17) is 22.7 Å². The molecule has 0 fully saturated rings. The van der Waals surface area contributed by atoms with Crippen molar-refractivity contribution in [2.75, 3.05) is 0 Å². The molecular weight excluding hydrogens is 255 g/mol. The van der Waals surface area contributed by atoms with Gasteiger partial charge in [0.05, 0.1) is 11.8 Å². The number of hydrogen-bond donors (Lipinski definition) is 1. The number of aromatic nitrogens is 3. The van der Waals surface area contributed by atoms with Crippen LogP contribution in [0.1, 0.15) is 11.3 Å². The van der Waals surface area contributed by atoms with Crippen LogP contribution in [-0.2, 0) is 13.7 Å². The maximum Gasteiger partial charge on any atom is 0.137 e. The van der Waals surface area contributed by atoms with Crippen molar-refractivity contribution in [1.29, 1.82) is 0 Å². The van der Waals surface area contributed by atoms with Crippen LogP contribution >= 0.6 is 12.2 Å². The van der Waals surface area contributed by atoms with Crippen LogP contribution in [0, 0.1) is 5.82 Å². The molecular formula is C11H11FN4OS. The van der Waals surface area contributed by atoms with E-state index in [1.165, 1.54) is 12.1 Å². The average Bonchev–Trinajstić information content (AvgIpc) is 2.72. The second kappa shape index (κ2) is 5.09. The van der Waals surface area contributed by atoms with Crippen LogP contribution in [0.4, 0.5) is 4.39 Å². The Morgan fingerprint density at radius 2 is 2.33 bits per heavy atom. The third-order valence-corrected chi connectivity index (χ3v) is 2.45. The third kappa shape index (κ3) is 2.62. The fourth-order valence-corrected chi connectivity index (χ4v) is 1.67. The lowest BCUT2D eigenvalue weighted by Gasteiger charge is -2.09. The number of aryl methyl sites for hydroxylation is 1. The van der Waals surface area contributed by atoms with Crippen molar-refractivity contribution in [3.8, 4) is 5.75 Å². The molecule has 0 radical (unpaired) electrons. The summed E-state index contributed by atoms with van der Waals surface area (Å²) >= 11 is 4.80. The minimum Gasteiger partial charge on any atom is -0.486 e. The monoisotopic (exact) mass is 266 g/mol. The summed E-state index contributed by atoms with van der Waals surface area (Å²) in [5, 5.41) is 7.62. The Morgan fingerprint density at radius 3 is 2.94 bits per heavy atom. The van der Waals surface area contributed by atoms with Crippen molar-refractivity contribution in [3.05, 3.63) is 41.5 Å². The quantitative estimate of drug-likeness (QED) is 0.841. The number of nitrogens with two attached hydrogens (primary N) is 1. The highest BCUT2D eigenvalue weighted by Crippen LogP contribution is 2.22. The van der Waals surface area contributed by atoms with Gasteiger partial charge in [0, 0.05) is 7.05 Å². The molecule has 0 spiro atoms. The Hall–Kier alpha value is -2.02.